The quantitative estimate of drug-likeness (QED) is 0.859. The third-order valence-corrected chi connectivity index (χ3v) is 2.95. The Hall–Kier alpha value is -1.02. The van der Waals surface area contributed by atoms with Crippen LogP contribution in [-0.4, -0.2) is 26.3 Å². The Morgan fingerprint density at radius 1 is 1.41 bits per heavy atom. The zero-order valence-corrected chi connectivity index (χ0v) is 12.0. The number of halogens is 1. The molecular formula is C11H14IN5. The Morgan fingerprint density at radius 2 is 2.24 bits per heavy atom. The van der Waals surface area contributed by atoms with Crippen molar-refractivity contribution in [3.8, 4) is 5.95 Å². The summed E-state index contributed by atoms with van der Waals surface area (Å²) in [5.41, 5.74) is 2.11. The minimum absolute atomic E-state index is 0.616. The number of rotatable bonds is 4. The first-order valence-electron chi connectivity index (χ1n) is 5.44. The molecule has 0 bridgehead atoms. The van der Waals surface area contributed by atoms with Gasteiger partial charge in [-0.15, -0.1) is 0 Å². The molecular weight excluding hydrogens is 329 g/mol. The van der Waals surface area contributed by atoms with E-state index < -0.39 is 0 Å². The zero-order chi connectivity index (χ0) is 12.3. The molecule has 5 nitrogen and oxygen atoms in total. The first-order valence-corrected chi connectivity index (χ1v) is 6.52. The molecule has 2 aromatic heterocycles. The predicted molar refractivity (Wildman–Crippen MR) is 74.0 cm³/mol. The molecule has 0 fully saturated rings. The Labute approximate surface area is 114 Å². The van der Waals surface area contributed by atoms with Crippen LogP contribution in [0.5, 0.6) is 0 Å². The summed E-state index contributed by atoms with van der Waals surface area (Å²) < 4.78 is 2.76. The molecule has 0 saturated carbocycles. The summed E-state index contributed by atoms with van der Waals surface area (Å²) in [6.45, 7) is 5.82. The second-order valence-electron chi connectivity index (χ2n) is 3.66. The summed E-state index contributed by atoms with van der Waals surface area (Å²) in [6.07, 6.45) is 5.54. The molecule has 90 valence electrons. The summed E-state index contributed by atoms with van der Waals surface area (Å²) >= 11 is 2.21. The van der Waals surface area contributed by atoms with Crippen LogP contribution in [0.3, 0.4) is 0 Å². The van der Waals surface area contributed by atoms with Crippen LogP contribution in [0.4, 0.5) is 0 Å². The lowest BCUT2D eigenvalue weighted by Crippen LogP contribution is -2.14. The summed E-state index contributed by atoms with van der Waals surface area (Å²) in [6, 6.07) is 0. The largest absolute Gasteiger partial charge is 0.313 e. The van der Waals surface area contributed by atoms with Crippen LogP contribution in [-0.2, 0) is 6.54 Å². The number of aromatic nitrogens is 4. The van der Waals surface area contributed by atoms with Gasteiger partial charge >= 0.3 is 0 Å². The molecule has 0 aliphatic carbocycles. The maximum absolute atomic E-state index is 4.46. The Bertz CT molecular complexity index is 508. The van der Waals surface area contributed by atoms with Crippen molar-refractivity contribution in [2.45, 2.75) is 20.4 Å². The van der Waals surface area contributed by atoms with E-state index in [1.807, 2.05) is 19.3 Å². The maximum atomic E-state index is 4.46. The van der Waals surface area contributed by atoms with E-state index in [-0.39, 0.29) is 0 Å². The molecule has 0 aliphatic rings. The average Bonchev–Trinajstić information content (AvgIpc) is 2.74. The third kappa shape index (κ3) is 3.01. The van der Waals surface area contributed by atoms with Crippen molar-refractivity contribution in [3.05, 3.63) is 33.4 Å². The molecule has 17 heavy (non-hydrogen) atoms. The second kappa shape index (κ2) is 5.54. The Balaban J connectivity index is 2.24. The Kier molecular flexibility index (Phi) is 4.06. The average molecular weight is 343 g/mol. The van der Waals surface area contributed by atoms with Crippen LogP contribution in [0, 0.1) is 10.5 Å². The highest BCUT2D eigenvalue weighted by Gasteiger charge is 2.05. The van der Waals surface area contributed by atoms with Gasteiger partial charge in [-0.05, 0) is 36.1 Å². The molecule has 0 atom stereocenters. The molecule has 0 radical (unpaired) electrons. The lowest BCUT2D eigenvalue weighted by molar-refractivity contribution is 0.709. The first kappa shape index (κ1) is 12.4. The molecule has 0 saturated heterocycles. The van der Waals surface area contributed by atoms with E-state index in [1.54, 1.807) is 10.9 Å². The fourth-order valence-electron chi connectivity index (χ4n) is 1.43. The van der Waals surface area contributed by atoms with Gasteiger partial charge in [0, 0.05) is 30.2 Å². The van der Waals surface area contributed by atoms with Gasteiger partial charge in [-0.25, -0.2) is 14.6 Å². The van der Waals surface area contributed by atoms with Gasteiger partial charge in [0.15, 0.2) is 0 Å². The fraction of sp³-hybridized carbons (Fsp3) is 0.364. The van der Waals surface area contributed by atoms with E-state index in [2.05, 4.69) is 49.9 Å². The zero-order valence-electron chi connectivity index (χ0n) is 9.81. The van der Waals surface area contributed by atoms with E-state index in [9.17, 15) is 0 Å². The highest BCUT2D eigenvalue weighted by atomic mass is 127. The van der Waals surface area contributed by atoms with E-state index in [1.165, 1.54) is 0 Å². The summed E-state index contributed by atoms with van der Waals surface area (Å²) in [7, 11) is 0. The molecule has 0 amide bonds. The molecule has 1 N–H and O–H groups in total. The van der Waals surface area contributed by atoms with Crippen molar-refractivity contribution in [2.24, 2.45) is 0 Å². The third-order valence-electron chi connectivity index (χ3n) is 2.39. The minimum Gasteiger partial charge on any atom is -0.313 e. The van der Waals surface area contributed by atoms with Crippen molar-refractivity contribution in [1.82, 2.24) is 25.1 Å². The molecule has 0 aromatic carbocycles. The number of aryl methyl sites for hydroxylation is 1. The van der Waals surface area contributed by atoms with Crippen LogP contribution < -0.4 is 5.32 Å². The molecule has 0 spiro atoms. The van der Waals surface area contributed by atoms with Crippen LogP contribution in [0.1, 0.15) is 18.2 Å². The summed E-state index contributed by atoms with van der Waals surface area (Å²) in [5, 5.41) is 7.45. The van der Waals surface area contributed by atoms with Crippen molar-refractivity contribution in [1.29, 1.82) is 0 Å². The van der Waals surface area contributed by atoms with Gasteiger partial charge in [0.25, 0.3) is 5.95 Å². The van der Waals surface area contributed by atoms with Crippen LogP contribution in [0.15, 0.2) is 18.6 Å². The summed E-state index contributed by atoms with van der Waals surface area (Å²) in [5.74, 6) is 0.616. The van der Waals surface area contributed by atoms with Crippen LogP contribution in [0.25, 0.3) is 5.95 Å². The monoisotopic (exact) mass is 343 g/mol. The maximum Gasteiger partial charge on any atom is 0.250 e. The van der Waals surface area contributed by atoms with E-state index in [4.69, 9.17) is 0 Å². The summed E-state index contributed by atoms with van der Waals surface area (Å²) in [4.78, 5) is 8.78. The SMILES string of the molecule is CCNCc1cnc(-n2cc(I)cn2)nc1C. The van der Waals surface area contributed by atoms with E-state index >= 15 is 0 Å². The molecule has 2 heterocycles. The predicted octanol–water partition coefficient (Wildman–Crippen LogP) is 1.68. The number of hydrogen-bond acceptors (Lipinski definition) is 4. The Morgan fingerprint density at radius 3 is 2.82 bits per heavy atom. The van der Waals surface area contributed by atoms with Gasteiger partial charge in [0.2, 0.25) is 0 Å². The van der Waals surface area contributed by atoms with Gasteiger partial charge in [0.1, 0.15) is 0 Å². The van der Waals surface area contributed by atoms with Gasteiger partial charge in [0.05, 0.1) is 9.77 Å². The van der Waals surface area contributed by atoms with Crippen LogP contribution >= 0.6 is 22.6 Å². The highest BCUT2D eigenvalue weighted by Crippen LogP contribution is 2.08. The molecule has 0 unspecified atom stereocenters. The van der Waals surface area contributed by atoms with Crippen molar-refractivity contribution in [3.63, 3.8) is 0 Å². The van der Waals surface area contributed by atoms with Crippen molar-refractivity contribution < 1.29 is 0 Å². The van der Waals surface area contributed by atoms with Crippen molar-refractivity contribution >= 4 is 22.6 Å². The molecule has 0 aliphatic heterocycles. The molecule has 2 rings (SSSR count). The van der Waals surface area contributed by atoms with Gasteiger partial charge in [-0.3, -0.25) is 0 Å². The lowest BCUT2D eigenvalue weighted by atomic mass is 10.2. The number of nitrogens with one attached hydrogen (secondary N) is 1. The fourth-order valence-corrected chi connectivity index (χ4v) is 1.82. The number of hydrogen-bond donors (Lipinski definition) is 1. The number of nitrogens with zero attached hydrogens (tertiary/aromatic N) is 4. The first-order chi connectivity index (χ1) is 8.20. The smallest absolute Gasteiger partial charge is 0.250 e. The molecule has 2 aromatic rings. The standard InChI is InChI=1S/C11H14IN5/c1-3-13-4-9-5-14-11(16-8(9)2)17-7-10(12)6-15-17/h5-7,13H,3-4H2,1-2H3. The lowest BCUT2D eigenvalue weighted by Gasteiger charge is -2.06. The van der Waals surface area contributed by atoms with Gasteiger partial charge in [-0.2, -0.15) is 5.10 Å². The van der Waals surface area contributed by atoms with E-state index in [0.717, 1.165) is 27.9 Å². The van der Waals surface area contributed by atoms with Gasteiger partial charge < -0.3 is 5.32 Å². The topological polar surface area (TPSA) is 55.6 Å². The van der Waals surface area contributed by atoms with Gasteiger partial charge in [-0.1, -0.05) is 6.92 Å². The normalized spacial score (nSPS) is 10.8. The van der Waals surface area contributed by atoms with Crippen molar-refractivity contribution in [2.75, 3.05) is 6.54 Å². The van der Waals surface area contributed by atoms with Crippen LogP contribution in [0.2, 0.25) is 0 Å². The molecule has 6 heteroatoms. The highest BCUT2D eigenvalue weighted by molar-refractivity contribution is 14.1. The van der Waals surface area contributed by atoms with E-state index in [0.29, 0.717) is 5.95 Å². The second-order valence-corrected chi connectivity index (χ2v) is 4.91. The minimum atomic E-state index is 0.616.